The smallest absolute Gasteiger partial charge is 0.265 e. The lowest BCUT2D eigenvalue weighted by Gasteiger charge is -1.93. The van der Waals surface area contributed by atoms with E-state index in [2.05, 4.69) is 4.74 Å². The molecule has 1 atom stereocenters. The zero-order valence-electron chi connectivity index (χ0n) is 3.80. The Bertz CT molecular complexity index is 134. The molecule has 1 rings (SSSR count). The van der Waals surface area contributed by atoms with Gasteiger partial charge >= 0.3 is 18.4 Å². The standard InChI is InChI=1S/C3F5O/c4-1(5)2(6)3(7,8)9-2. The minimum atomic E-state index is -4.33. The highest BCUT2D eigenvalue weighted by atomic mass is 19.3. The Hall–Kier alpha value is -0.390. The second-order valence-corrected chi connectivity index (χ2v) is 1.47. The highest BCUT2D eigenvalue weighted by molar-refractivity contribution is 5.04. The third kappa shape index (κ3) is 0.692. The second-order valence-electron chi connectivity index (χ2n) is 1.47. The van der Waals surface area contributed by atoms with E-state index in [1.54, 1.807) is 0 Å². The minimum absolute atomic E-state index is 2.77. The normalized spacial score (nSPS) is 39.3. The van der Waals surface area contributed by atoms with Gasteiger partial charge in [0.25, 0.3) is 0 Å². The Morgan fingerprint density at radius 2 is 1.44 bits per heavy atom. The molecular weight excluding hydrogens is 147 g/mol. The molecular formula is C3F5O. The lowest BCUT2D eigenvalue weighted by molar-refractivity contribution is -0.00589. The minimum Gasteiger partial charge on any atom is -0.265 e. The van der Waals surface area contributed by atoms with Gasteiger partial charge in [-0.25, -0.2) is 0 Å². The van der Waals surface area contributed by atoms with Crippen LogP contribution in [0, 0.1) is 6.43 Å². The predicted octanol–water partition coefficient (Wildman–Crippen LogP) is 1.70. The van der Waals surface area contributed by atoms with Gasteiger partial charge < -0.3 is 0 Å². The third-order valence-corrected chi connectivity index (χ3v) is 0.845. The summed E-state index contributed by atoms with van der Waals surface area (Å²) in [6.45, 7) is 0. The molecule has 0 aromatic heterocycles. The molecule has 1 aliphatic heterocycles. The number of hydrogen-bond donors (Lipinski definition) is 0. The summed E-state index contributed by atoms with van der Waals surface area (Å²) >= 11 is 0. The Labute approximate surface area is 46.4 Å². The summed E-state index contributed by atoms with van der Waals surface area (Å²) < 4.78 is 59.1. The summed E-state index contributed by atoms with van der Waals surface area (Å²) in [6, 6.07) is 0. The molecule has 0 bridgehead atoms. The van der Waals surface area contributed by atoms with Crippen LogP contribution in [0.5, 0.6) is 0 Å². The van der Waals surface area contributed by atoms with Crippen LogP contribution in [-0.4, -0.2) is 12.0 Å². The topological polar surface area (TPSA) is 12.5 Å². The van der Waals surface area contributed by atoms with Gasteiger partial charge in [0.1, 0.15) is 0 Å². The van der Waals surface area contributed by atoms with E-state index in [0.29, 0.717) is 0 Å². The summed E-state index contributed by atoms with van der Waals surface area (Å²) in [5.41, 5.74) is 0. The van der Waals surface area contributed by atoms with Crippen LogP contribution in [0.3, 0.4) is 0 Å². The molecule has 0 aromatic carbocycles. The average molecular weight is 147 g/mol. The molecule has 1 aliphatic rings. The van der Waals surface area contributed by atoms with Crippen molar-refractivity contribution in [2.24, 2.45) is 0 Å². The molecule has 1 fully saturated rings. The van der Waals surface area contributed by atoms with Crippen molar-refractivity contribution in [3.8, 4) is 0 Å². The Morgan fingerprint density at radius 3 is 1.44 bits per heavy atom. The van der Waals surface area contributed by atoms with Crippen LogP contribution in [0.4, 0.5) is 22.0 Å². The molecule has 1 saturated heterocycles. The summed E-state index contributed by atoms with van der Waals surface area (Å²) in [5, 5.41) is 0. The number of ether oxygens (including phenoxy) is 1. The fourth-order valence-electron chi connectivity index (χ4n) is 0.300. The molecule has 0 saturated carbocycles. The van der Waals surface area contributed by atoms with Gasteiger partial charge in [-0.15, -0.1) is 0 Å². The van der Waals surface area contributed by atoms with Crippen LogP contribution in [0.25, 0.3) is 0 Å². The highest BCUT2D eigenvalue weighted by Crippen LogP contribution is 2.58. The molecule has 0 spiro atoms. The fourth-order valence-corrected chi connectivity index (χ4v) is 0.300. The van der Waals surface area contributed by atoms with E-state index >= 15 is 0 Å². The van der Waals surface area contributed by atoms with Crippen LogP contribution >= 0.6 is 0 Å². The summed E-state index contributed by atoms with van der Waals surface area (Å²) in [6.07, 6.45) is -7.38. The van der Waals surface area contributed by atoms with Crippen molar-refractivity contribution >= 4 is 0 Å². The lowest BCUT2D eigenvalue weighted by atomic mass is 10.4. The van der Waals surface area contributed by atoms with Gasteiger partial charge in [0.05, 0.1) is 0 Å². The third-order valence-electron chi connectivity index (χ3n) is 0.845. The zero-order valence-corrected chi connectivity index (χ0v) is 3.80. The van der Waals surface area contributed by atoms with Crippen molar-refractivity contribution in [2.75, 3.05) is 0 Å². The van der Waals surface area contributed by atoms with Gasteiger partial charge in [-0.05, 0) is 0 Å². The van der Waals surface area contributed by atoms with Crippen molar-refractivity contribution < 1.29 is 26.7 Å². The molecule has 6 heteroatoms. The lowest BCUT2D eigenvalue weighted by Crippen LogP contribution is -2.15. The largest absolute Gasteiger partial charge is 0.424 e. The average Bonchev–Trinajstić information content (AvgIpc) is 2.08. The van der Waals surface area contributed by atoms with Crippen LogP contribution < -0.4 is 0 Å². The van der Waals surface area contributed by atoms with E-state index in [4.69, 9.17) is 0 Å². The Balaban J connectivity index is 2.63. The monoisotopic (exact) mass is 147 g/mol. The van der Waals surface area contributed by atoms with Crippen LogP contribution in [-0.2, 0) is 4.74 Å². The van der Waals surface area contributed by atoms with E-state index < -0.39 is 18.4 Å². The molecule has 1 unspecified atom stereocenters. The summed E-state index contributed by atoms with van der Waals surface area (Å²) in [7, 11) is 0. The molecule has 1 radical (unpaired) electrons. The van der Waals surface area contributed by atoms with Crippen LogP contribution in [0.15, 0.2) is 0 Å². The number of epoxide rings is 1. The van der Waals surface area contributed by atoms with E-state index in [1.165, 1.54) is 0 Å². The van der Waals surface area contributed by atoms with E-state index in [0.717, 1.165) is 0 Å². The van der Waals surface area contributed by atoms with E-state index in [9.17, 15) is 22.0 Å². The maximum Gasteiger partial charge on any atom is 0.424 e. The molecule has 9 heavy (non-hydrogen) atoms. The maximum atomic E-state index is 11.6. The number of alkyl halides is 3. The van der Waals surface area contributed by atoms with Crippen molar-refractivity contribution in [3.63, 3.8) is 0 Å². The van der Waals surface area contributed by atoms with Crippen molar-refractivity contribution in [1.82, 2.24) is 0 Å². The predicted molar refractivity (Wildman–Crippen MR) is 15.3 cm³/mol. The second kappa shape index (κ2) is 1.36. The van der Waals surface area contributed by atoms with Crippen LogP contribution in [0.2, 0.25) is 0 Å². The zero-order chi connectivity index (χ0) is 7.28. The molecule has 1 heterocycles. The van der Waals surface area contributed by atoms with Gasteiger partial charge in [-0.3, -0.25) is 4.74 Å². The number of rotatable bonds is 1. The first-order valence-corrected chi connectivity index (χ1v) is 1.85. The summed E-state index contributed by atoms with van der Waals surface area (Å²) in [5.74, 6) is -4.10. The van der Waals surface area contributed by atoms with Gasteiger partial charge in [0.15, 0.2) is 0 Å². The Morgan fingerprint density at radius 1 is 1.11 bits per heavy atom. The molecule has 0 N–H and O–H groups in total. The van der Waals surface area contributed by atoms with Gasteiger partial charge in [-0.1, -0.05) is 0 Å². The maximum absolute atomic E-state index is 11.6. The first-order valence-electron chi connectivity index (χ1n) is 1.85. The number of halogens is 5. The van der Waals surface area contributed by atoms with Crippen molar-refractivity contribution in [2.45, 2.75) is 12.0 Å². The first-order chi connectivity index (χ1) is 3.90. The first kappa shape index (κ1) is 6.73. The van der Waals surface area contributed by atoms with Gasteiger partial charge in [-0.2, -0.15) is 22.0 Å². The molecule has 0 amide bonds. The SMILES string of the molecule is F[C](F)C1(F)OC1(F)F. The van der Waals surface area contributed by atoms with E-state index in [-0.39, 0.29) is 0 Å². The Kier molecular flexibility index (Phi) is 1.02. The van der Waals surface area contributed by atoms with Gasteiger partial charge in [0, 0.05) is 0 Å². The molecule has 0 aromatic rings. The van der Waals surface area contributed by atoms with Crippen molar-refractivity contribution in [3.05, 3.63) is 6.43 Å². The fraction of sp³-hybridized carbons (Fsp3) is 0.667. The van der Waals surface area contributed by atoms with Crippen LogP contribution in [0.1, 0.15) is 0 Å². The number of hydrogen-bond acceptors (Lipinski definition) is 1. The van der Waals surface area contributed by atoms with Gasteiger partial charge in [0.2, 0.25) is 0 Å². The molecule has 1 nitrogen and oxygen atoms in total. The van der Waals surface area contributed by atoms with E-state index in [1.807, 2.05) is 0 Å². The molecule has 53 valence electrons. The quantitative estimate of drug-likeness (QED) is 0.406. The van der Waals surface area contributed by atoms with Crippen molar-refractivity contribution in [1.29, 1.82) is 0 Å². The highest BCUT2D eigenvalue weighted by Gasteiger charge is 2.83. The summed E-state index contributed by atoms with van der Waals surface area (Å²) in [4.78, 5) is 0. The molecule has 0 aliphatic carbocycles.